The van der Waals surface area contributed by atoms with E-state index in [0.29, 0.717) is 18.3 Å². The van der Waals surface area contributed by atoms with E-state index in [1.165, 1.54) is 0 Å². The molecule has 0 bridgehead atoms. The summed E-state index contributed by atoms with van der Waals surface area (Å²) in [5.74, 6) is -0.0204. The van der Waals surface area contributed by atoms with Crippen molar-refractivity contribution in [1.29, 1.82) is 0 Å². The maximum atomic E-state index is 10.6. The molecule has 0 saturated carbocycles. The van der Waals surface area contributed by atoms with E-state index in [1.54, 1.807) is 11.9 Å². The molecule has 0 radical (unpaired) electrons. The van der Waals surface area contributed by atoms with Crippen molar-refractivity contribution in [3.8, 4) is 11.4 Å². The van der Waals surface area contributed by atoms with Gasteiger partial charge in [0.05, 0.1) is 13.1 Å². The highest BCUT2D eigenvalue weighted by Gasteiger charge is 2.12. The quantitative estimate of drug-likeness (QED) is 0.905. The highest BCUT2D eigenvalue weighted by atomic mass is 79.9. The molecule has 7 heteroatoms. The fraction of sp³-hybridized carbons (Fsp3) is 0.250. The summed E-state index contributed by atoms with van der Waals surface area (Å²) >= 11 is 3.37. The number of nitrogens with zero attached hydrogens (tertiary/aromatic N) is 3. The molecule has 0 aliphatic heterocycles. The number of hydrogen-bond acceptors (Lipinski definition) is 5. The molecule has 0 spiro atoms. The van der Waals surface area contributed by atoms with Crippen LogP contribution in [-0.2, 0) is 11.3 Å². The van der Waals surface area contributed by atoms with E-state index in [9.17, 15) is 4.79 Å². The van der Waals surface area contributed by atoms with E-state index in [2.05, 4.69) is 26.1 Å². The summed E-state index contributed by atoms with van der Waals surface area (Å²) in [5.41, 5.74) is 0.838. The van der Waals surface area contributed by atoms with Gasteiger partial charge in [0.1, 0.15) is 0 Å². The van der Waals surface area contributed by atoms with Gasteiger partial charge in [-0.2, -0.15) is 4.98 Å². The van der Waals surface area contributed by atoms with Gasteiger partial charge in [-0.15, -0.1) is 0 Å². The fourth-order valence-electron chi connectivity index (χ4n) is 1.58. The zero-order chi connectivity index (χ0) is 13.8. The Morgan fingerprint density at radius 3 is 3.00 bits per heavy atom. The molecule has 0 fully saturated rings. The number of rotatable bonds is 5. The molecule has 0 atom stereocenters. The minimum atomic E-state index is -0.894. The van der Waals surface area contributed by atoms with Crippen LogP contribution in [0.25, 0.3) is 11.4 Å². The first kappa shape index (κ1) is 13.7. The van der Waals surface area contributed by atoms with Gasteiger partial charge in [0.2, 0.25) is 11.7 Å². The Hall–Kier alpha value is -1.73. The van der Waals surface area contributed by atoms with E-state index in [0.717, 1.165) is 10.0 Å². The molecule has 0 aliphatic carbocycles. The molecule has 0 aliphatic rings. The van der Waals surface area contributed by atoms with Gasteiger partial charge >= 0.3 is 5.97 Å². The summed E-state index contributed by atoms with van der Waals surface area (Å²) < 4.78 is 6.03. The third-order valence-electron chi connectivity index (χ3n) is 2.36. The van der Waals surface area contributed by atoms with Crippen LogP contribution in [0.5, 0.6) is 0 Å². The first-order chi connectivity index (χ1) is 9.04. The van der Waals surface area contributed by atoms with Crippen molar-refractivity contribution in [1.82, 2.24) is 15.0 Å². The molecule has 1 aromatic carbocycles. The number of hydrogen-bond donors (Lipinski definition) is 1. The highest BCUT2D eigenvalue weighted by molar-refractivity contribution is 9.10. The van der Waals surface area contributed by atoms with Crippen molar-refractivity contribution in [2.45, 2.75) is 6.54 Å². The third kappa shape index (κ3) is 3.87. The molecular formula is C12H12BrN3O3. The van der Waals surface area contributed by atoms with Gasteiger partial charge in [0.15, 0.2) is 0 Å². The first-order valence-corrected chi connectivity index (χ1v) is 6.33. The number of carbonyl (C=O) groups is 1. The number of carboxylic acids is 1. The van der Waals surface area contributed by atoms with Gasteiger partial charge < -0.3 is 9.63 Å². The second-order valence-corrected chi connectivity index (χ2v) is 5.00. The SMILES string of the molecule is CN(CC(=O)O)Cc1nc(-c2cccc(Br)c2)no1. The number of carboxylic acid groups (broad SMARTS) is 1. The number of aromatic nitrogens is 2. The second kappa shape index (κ2) is 5.94. The molecular weight excluding hydrogens is 314 g/mol. The molecule has 0 unspecified atom stereocenters. The van der Waals surface area contributed by atoms with Gasteiger partial charge in [-0.1, -0.05) is 33.2 Å². The van der Waals surface area contributed by atoms with E-state index in [-0.39, 0.29) is 6.54 Å². The Morgan fingerprint density at radius 1 is 1.53 bits per heavy atom. The van der Waals surface area contributed by atoms with Crippen LogP contribution in [0, 0.1) is 0 Å². The monoisotopic (exact) mass is 325 g/mol. The van der Waals surface area contributed by atoms with Crippen LogP contribution >= 0.6 is 15.9 Å². The minimum absolute atomic E-state index is 0.0748. The Balaban J connectivity index is 2.09. The van der Waals surface area contributed by atoms with Gasteiger partial charge in [0, 0.05) is 10.0 Å². The maximum Gasteiger partial charge on any atom is 0.317 e. The van der Waals surface area contributed by atoms with Crippen molar-refractivity contribution < 1.29 is 14.4 Å². The van der Waals surface area contributed by atoms with Crippen LogP contribution in [0.2, 0.25) is 0 Å². The summed E-state index contributed by atoms with van der Waals surface area (Å²) in [4.78, 5) is 16.4. The lowest BCUT2D eigenvalue weighted by atomic mass is 10.2. The second-order valence-electron chi connectivity index (χ2n) is 4.09. The van der Waals surface area contributed by atoms with Crippen LogP contribution in [0.4, 0.5) is 0 Å². The fourth-order valence-corrected chi connectivity index (χ4v) is 1.98. The Bertz CT molecular complexity index is 585. The van der Waals surface area contributed by atoms with E-state index >= 15 is 0 Å². The standard InChI is InChI=1S/C12H12BrN3O3/c1-16(7-11(17)18)6-10-14-12(15-19-10)8-3-2-4-9(13)5-8/h2-5H,6-7H2,1H3,(H,17,18). The largest absolute Gasteiger partial charge is 0.480 e. The Labute approximate surface area is 118 Å². The number of aliphatic carboxylic acids is 1. The van der Waals surface area contributed by atoms with Crippen LogP contribution in [0.3, 0.4) is 0 Å². The van der Waals surface area contributed by atoms with E-state index in [1.807, 2.05) is 24.3 Å². The number of likely N-dealkylation sites (N-methyl/N-ethyl adjacent to an activating group) is 1. The lowest BCUT2D eigenvalue weighted by Crippen LogP contribution is -2.25. The van der Waals surface area contributed by atoms with Crippen molar-refractivity contribution in [2.75, 3.05) is 13.6 Å². The molecule has 2 rings (SSSR count). The molecule has 19 heavy (non-hydrogen) atoms. The molecule has 0 saturated heterocycles. The summed E-state index contributed by atoms with van der Waals surface area (Å²) in [6, 6.07) is 7.55. The van der Waals surface area contributed by atoms with Crippen LogP contribution < -0.4 is 0 Å². The molecule has 100 valence electrons. The van der Waals surface area contributed by atoms with E-state index in [4.69, 9.17) is 9.63 Å². The molecule has 6 nitrogen and oxygen atoms in total. The van der Waals surface area contributed by atoms with Crippen LogP contribution in [0.1, 0.15) is 5.89 Å². The van der Waals surface area contributed by atoms with Crippen molar-refractivity contribution in [3.63, 3.8) is 0 Å². The Morgan fingerprint density at radius 2 is 2.32 bits per heavy atom. The van der Waals surface area contributed by atoms with Crippen molar-refractivity contribution in [2.24, 2.45) is 0 Å². The normalized spacial score (nSPS) is 10.9. The van der Waals surface area contributed by atoms with Crippen LogP contribution in [0.15, 0.2) is 33.3 Å². The Kier molecular flexibility index (Phi) is 4.28. The predicted octanol–water partition coefficient (Wildman–Crippen LogP) is 2.02. The van der Waals surface area contributed by atoms with E-state index < -0.39 is 5.97 Å². The zero-order valence-electron chi connectivity index (χ0n) is 10.2. The molecule has 1 heterocycles. The van der Waals surface area contributed by atoms with Crippen molar-refractivity contribution in [3.05, 3.63) is 34.6 Å². The molecule has 1 aromatic heterocycles. The molecule has 1 N–H and O–H groups in total. The minimum Gasteiger partial charge on any atom is -0.480 e. The van der Waals surface area contributed by atoms with Gasteiger partial charge in [-0.25, -0.2) is 0 Å². The van der Waals surface area contributed by atoms with Gasteiger partial charge in [-0.05, 0) is 19.2 Å². The van der Waals surface area contributed by atoms with Gasteiger partial charge in [0.25, 0.3) is 0 Å². The maximum absolute atomic E-state index is 10.6. The predicted molar refractivity (Wildman–Crippen MR) is 71.4 cm³/mol. The topological polar surface area (TPSA) is 79.5 Å². The molecule has 0 amide bonds. The highest BCUT2D eigenvalue weighted by Crippen LogP contribution is 2.20. The average Bonchev–Trinajstić information content (AvgIpc) is 2.76. The van der Waals surface area contributed by atoms with Crippen molar-refractivity contribution >= 4 is 21.9 Å². The smallest absolute Gasteiger partial charge is 0.317 e. The summed E-state index contributed by atoms with van der Waals surface area (Å²) in [5, 5.41) is 12.5. The zero-order valence-corrected chi connectivity index (χ0v) is 11.8. The number of halogens is 1. The number of benzene rings is 1. The summed E-state index contributed by atoms with van der Waals surface area (Å²) in [7, 11) is 1.68. The van der Waals surface area contributed by atoms with Crippen LogP contribution in [-0.4, -0.2) is 39.7 Å². The average molecular weight is 326 g/mol. The lowest BCUT2D eigenvalue weighted by molar-refractivity contribution is -0.138. The summed E-state index contributed by atoms with van der Waals surface area (Å²) in [6.07, 6.45) is 0. The lowest BCUT2D eigenvalue weighted by Gasteiger charge is -2.09. The third-order valence-corrected chi connectivity index (χ3v) is 2.85. The molecule has 2 aromatic rings. The van der Waals surface area contributed by atoms with Gasteiger partial charge in [-0.3, -0.25) is 9.69 Å². The first-order valence-electron chi connectivity index (χ1n) is 5.53. The summed E-state index contributed by atoms with van der Waals surface area (Å²) in [6.45, 7) is 0.224.